The number of rotatable bonds is 2. The van der Waals surface area contributed by atoms with Crippen molar-refractivity contribution in [2.24, 2.45) is 12.8 Å². The van der Waals surface area contributed by atoms with Gasteiger partial charge in [-0.3, -0.25) is 4.68 Å². The van der Waals surface area contributed by atoms with E-state index in [4.69, 9.17) is 10.5 Å². The first-order valence-electron chi connectivity index (χ1n) is 6.15. The molecule has 2 N–H and O–H groups in total. The quantitative estimate of drug-likeness (QED) is 0.828. The zero-order valence-corrected chi connectivity index (χ0v) is 11.1. The number of hydrogen-bond donors (Lipinski definition) is 1. The van der Waals surface area contributed by atoms with Gasteiger partial charge in [-0.25, -0.2) is 0 Å². The summed E-state index contributed by atoms with van der Waals surface area (Å²) in [6.45, 7) is 8.48. The fraction of sp³-hybridized carbons (Fsp3) is 0.750. The van der Waals surface area contributed by atoms with Crippen LogP contribution in [-0.2, 0) is 18.3 Å². The van der Waals surface area contributed by atoms with Crippen molar-refractivity contribution in [3.63, 3.8) is 0 Å². The maximum atomic E-state index is 5.84. The summed E-state index contributed by atoms with van der Waals surface area (Å²) in [5.74, 6) is 1.15. The normalized spacial score (nSPS) is 25.4. The zero-order chi connectivity index (χ0) is 12.6. The van der Waals surface area contributed by atoms with E-state index in [1.54, 1.807) is 0 Å². The van der Waals surface area contributed by atoms with E-state index in [9.17, 15) is 0 Å². The number of morpholine rings is 1. The molecule has 17 heavy (non-hydrogen) atoms. The lowest BCUT2D eigenvalue weighted by Gasteiger charge is -2.38. The van der Waals surface area contributed by atoms with Gasteiger partial charge in [0.05, 0.1) is 24.4 Å². The van der Waals surface area contributed by atoms with Gasteiger partial charge in [0.1, 0.15) is 5.82 Å². The number of nitrogens with two attached hydrogens (primary N) is 1. The molecule has 5 nitrogen and oxygen atoms in total. The summed E-state index contributed by atoms with van der Waals surface area (Å²) in [6.07, 6.45) is 0.257. The molecule has 1 aromatic heterocycles. The topological polar surface area (TPSA) is 56.3 Å². The monoisotopic (exact) mass is 238 g/mol. The Morgan fingerprint density at radius 3 is 2.82 bits per heavy atom. The predicted molar refractivity (Wildman–Crippen MR) is 68.1 cm³/mol. The molecule has 1 fully saturated rings. The molecule has 2 unspecified atom stereocenters. The highest BCUT2D eigenvalue weighted by atomic mass is 16.5. The number of anilines is 1. The van der Waals surface area contributed by atoms with Crippen LogP contribution >= 0.6 is 0 Å². The summed E-state index contributed by atoms with van der Waals surface area (Å²) in [6, 6.07) is 0.367. The maximum Gasteiger partial charge on any atom is 0.131 e. The Balaban J connectivity index is 2.37. The van der Waals surface area contributed by atoms with Crippen LogP contribution in [0.5, 0.6) is 0 Å². The van der Waals surface area contributed by atoms with Crippen molar-refractivity contribution in [3.05, 3.63) is 11.3 Å². The van der Waals surface area contributed by atoms with E-state index in [-0.39, 0.29) is 6.10 Å². The molecule has 2 heterocycles. The van der Waals surface area contributed by atoms with E-state index in [0.717, 1.165) is 30.2 Å². The van der Waals surface area contributed by atoms with Crippen LogP contribution in [0.3, 0.4) is 0 Å². The van der Waals surface area contributed by atoms with Crippen LogP contribution in [0.25, 0.3) is 0 Å². The third-order valence-electron chi connectivity index (χ3n) is 3.40. The van der Waals surface area contributed by atoms with Crippen molar-refractivity contribution < 1.29 is 4.74 Å². The summed E-state index contributed by atoms with van der Waals surface area (Å²) in [4.78, 5) is 2.36. The predicted octanol–water partition coefficient (Wildman–Crippen LogP) is 0.801. The van der Waals surface area contributed by atoms with Crippen molar-refractivity contribution in [1.82, 2.24) is 9.78 Å². The summed E-state index contributed by atoms with van der Waals surface area (Å²) in [5, 5.41) is 4.47. The Bertz CT molecular complexity index is 401. The second-order valence-electron chi connectivity index (χ2n) is 4.86. The summed E-state index contributed by atoms with van der Waals surface area (Å²) >= 11 is 0. The number of aromatic nitrogens is 2. The molecule has 1 saturated heterocycles. The highest BCUT2D eigenvalue weighted by Crippen LogP contribution is 2.27. The Kier molecular flexibility index (Phi) is 3.40. The maximum absolute atomic E-state index is 5.84. The molecule has 1 aromatic rings. The number of ether oxygens (including phenoxy) is 1. The third kappa shape index (κ3) is 2.17. The number of nitrogens with zero attached hydrogens (tertiary/aromatic N) is 3. The molecular formula is C12H22N4O. The molecule has 0 aliphatic carbocycles. The average Bonchev–Trinajstić information content (AvgIpc) is 2.56. The lowest BCUT2D eigenvalue weighted by atomic mass is 10.1. The van der Waals surface area contributed by atoms with Gasteiger partial charge in [0, 0.05) is 25.7 Å². The van der Waals surface area contributed by atoms with Gasteiger partial charge < -0.3 is 15.4 Å². The van der Waals surface area contributed by atoms with E-state index < -0.39 is 0 Å². The van der Waals surface area contributed by atoms with Crippen molar-refractivity contribution in [1.29, 1.82) is 0 Å². The Labute approximate surface area is 103 Å². The van der Waals surface area contributed by atoms with Crippen molar-refractivity contribution in [3.8, 4) is 0 Å². The SMILES string of the molecule is Cc1nn(C)c(N2CC(C)OCC2C)c1CN. The lowest BCUT2D eigenvalue weighted by Crippen LogP contribution is -2.48. The molecule has 0 radical (unpaired) electrons. The van der Waals surface area contributed by atoms with Gasteiger partial charge >= 0.3 is 0 Å². The fourth-order valence-electron chi connectivity index (χ4n) is 2.49. The lowest BCUT2D eigenvalue weighted by molar-refractivity contribution is 0.0337. The van der Waals surface area contributed by atoms with Crippen molar-refractivity contribution in [2.45, 2.75) is 39.5 Å². The van der Waals surface area contributed by atoms with Crippen LogP contribution in [0.1, 0.15) is 25.1 Å². The van der Waals surface area contributed by atoms with Crippen LogP contribution < -0.4 is 10.6 Å². The minimum absolute atomic E-state index is 0.257. The van der Waals surface area contributed by atoms with Gasteiger partial charge in [-0.15, -0.1) is 0 Å². The molecular weight excluding hydrogens is 216 g/mol. The minimum Gasteiger partial charge on any atom is -0.375 e. The molecule has 5 heteroatoms. The molecule has 2 rings (SSSR count). The Morgan fingerprint density at radius 2 is 2.18 bits per heavy atom. The van der Waals surface area contributed by atoms with Crippen LogP contribution in [-0.4, -0.2) is 35.1 Å². The smallest absolute Gasteiger partial charge is 0.131 e. The largest absolute Gasteiger partial charge is 0.375 e. The van der Waals surface area contributed by atoms with Gasteiger partial charge in [-0.1, -0.05) is 0 Å². The molecule has 0 amide bonds. The Morgan fingerprint density at radius 1 is 1.47 bits per heavy atom. The average molecular weight is 238 g/mol. The van der Waals surface area contributed by atoms with Gasteiger partial charge in [0.25, 0.3) is 0 Å². The van der Waals surface area contributed by atoms with E-state index >= 15 is 0 Å². The highest BCUT2D eigenvalue weighted by molar-refractivity contribution is 5.51. The van der Waals surface area contributed by atoms with Crippen LogP contribution in [0, 0.1) is 6.92 Å². The van der Waals surface area contributed by atoms with Crippen LogP contribution in [0.4, 0.5) is 5.82 Å². The number of aryl methyl sites for hydroxylation is 2. The standard InChI is InChI=1S/C12H22N4O/c1-8-7-17-9(2)6-16(8)12-11(5-13)10(3)14-15(12)4/h8-9H,5-7,13H2,1-4H3. The van der Waals surface area contributed by atoms with Gasteiger partial charge in [0.2, 0.25) is 0 Å². The molecule has 1 aliphatic heterocycles. The first-order chi connectivity index (χ1) is 8.04. The molecule has 0 aromatic carbocycles. The second kappa shape index (κ2) is 4.66. The van der Waals surface area contributed by atoms with Crippen LogP contribution in [0.2, 0.25) is 0 Å². The van der Waals surface area contributed by atoms with Crippen molar-refractivity contribution >= 4 is 5.82 Å². The van der Waals surface area contributed by atoms with E-state index in [1.165, 1.54) is 0 Å². The summed E-state index contributed by atoms with van der Waals surface area (Å²) in [7, 11) is 1.98. The second-order valence-corrected chi connectivity index (χ2v) is 4.86. The third-order valence-corrected chi connectivity index (χ3v) is 3.40. The van der Waals surface area contributed by atoms with E-state index in [1.807, 2.05) is 18.7 Å². The first-order valence-corrected chi connectivity index (χ1v) is 6.15. The van der Waals surface area contributed by atoms with Crippen LogP contribution in [0.15, 0.2) is 0 Å². The van der Waals surface area contributed by atoms with Gasteiger partial charge in [-0.05, 0) is 20.8 Å². The van der Waals surface area contributed by atoms with E-state index in [0.29, 0.717) is 12.6 Å². The molecule has 96 valence electrons. The number of hydrogen-bond acceptors (Lipinski definition) is 4. The van der Waals surface area contributed by atoms with Crippen molar-refractivity contribution in [2.75, 3.05) is 18.1 Å². The molecule has 2 atom stereocenters. The summed E-state index contributed by atoms with van der Waals surface area (Å²) in [5.41, 5.74) is 8.01. The summed E-state index contributed by atoms with van der Waals surface area (Å²) < 4.78 is 7.60. The molecule has 0 spiro atoms. The van der Waals surface area contributed by atoms with E-state index in [2.05, 4.69) is 23.8 Å². The fourth-order valence-corrected chi connectivity index (χ4v) is 2.49. The highest BCUT2D eigenvalue weighted by Gasteiger charge is 2.28. The zero-order valence-electron chi connectivity index (χ0n) is 11.1. The molecule has 1 aliphatic rings. The van der Waals surface area contributed by atoms with Gasteiger partial charge in [0.15, 0.2) is 0 Å². The molecule has 0 bridgehead atoms. The first kappa shape index (κ1) is 12.4. The molecule has 0 saturated carbocycles. The Hall–Kier alpha value is -1.07. The van der Waals surface area contributed by atoms with Gasteiger partial charge in [-0.2, -0.15) is 5.10 Å². The minimum atomic E-state index is 0.257.